The molecule has 2 atom stereocenters. The van der Waals surface area contributed by atoms with Crippen molar-refractivity contribution in [3.63, 3.8) is 0 Å². The molecule has 0 aromatic carbocycles. The molecule has 3 aromatic heterocycles. The van der Waals surface area contributed by atoms with Crippen LogP contribution < -0.4 is 11.1 Å². The fourth-order valence-corrected chi connectivity index (χ4v) is 3.74. The molecule has 1 amide bonds. The minimum atomic E-state index is -0.567. The molecule has 4 rings (SSSR count). The van der Waals surface area contributed by atoms with E-state index in [1.54, 1.807) is 28.0 Å². The first kappa shape index (κ1) is 18.7. The lowest BCUT2D eigenvalue weighted by atomic mass is 9.85. The zero-order valence-corrected chi connectivity index (χ0v) is 16.1. The second-order valence-electron chi connectivity index (χ2n) is 7.28. The van der Waals surface area contributed by atoms with Gasteiger partial charge < -0.3 is 11.1 Å². The highest BCUT2D eigenvalue weighted by atomic mass is 16.1. The number of primary amides is 1. The van der Waals surface area contributed by atoms with Crippen LogP contribution in [0.1, 0.15) is 42.1 Å². The molecule has 1 saturated carbocycles. The summed E-state index contributed by atoms with van der Waals surface area (Å²) in [4.78, 5) is 16.4. The summed E-state index contributed by atoms with van der Waals surface area (Å²) in [6.45, 7) is 0. The molecule has 0 spiro atoms. The molecule has 0 bridgehead atoms. The van der Waals surface area contributed by atoms with E-state index in [1.807, 2.05) is 25.4 Å². The summed E-state index contributed by atoms with van der Waals surface area (Å²) in [6.07, 6.45) is 10.7. The number of nitrogens with zero attached hydrogens (tertiary/aromatic N) is 6. The van der Waals surface area contributed by atoms with E-state index < -0.39 is 5.91 Å². The molecule has 9 heteroatoms. The number of hydrogen-bond acceptors (Lipinski definition) is 6. The van der Waals surface area contributed by atoms with Crippen molar-refractivity contribution in [3.8, 4) is 17.3 Å². The third-order valence-corrected chi connectivity index (χ3v) is 5.26. The molecule has 9 nitrogen and oxygen atoms in total. The van der Waals surface area contributed by atoms with Gasteiger partial charge in [-0.3, -0.25) is 19.1 Å². The van der Waals surface area contributed by atoms with E-state index >= 15 is 0 Å². The van der Waals surface area contributed by atoms with Gasteiger partial charge in [0.25, 0.3) is 5.91 Å². The normalized spacial score (nSPS) is 18.9. The summed E-state index contributed by atoms with van der Waals surface area (Å²) in [5, 5.41) is 21.3. The molecular weight excluding hydrogens is 368 g/mol. The molecule has 0 radical (unpaired) electrons. The van der Waals surface area contributed by atoms with Crippen LogP contribution in [0.15, 0.2) is 36.9 Å². The van der Waals surface area contributed by atoms with Gasteiger partial charge >= 0.3 is 0 Å². The van der Waals surface area contributed by atoms with E-state index in [0.29, 0.717) is 17.1 Å². The first-order chi connectivity index (χ1) is 14.0. The van der Waals surface area contributed by atoms with Crippen LogP contribution in [0.4, 0.5) is 11.5 Å². The van der Waals surface area contributed by atoms with Gasteiger partial charge in [-0.15, -0.1) is 0 Å². The Bertz CT molecular complexity index is 1060. The van der Waals surface area contributed by atoms with Gasteiger partial charge in [0.1, 0.15) is 5.56 Å². The Morgan fingerprint density at radius 2 is 2.10 bits per heavy atom. The largest absolute Gasteiger partial charge is 0.365 e. The highest BCUT2D eigenvalue weighted by Gasteiger charge is 2.28. The second kappa shape index (κ2) is 7.75. The number of pyridine rings is 1. The first-order valence-corrected chi connectivity index (χ1v) is 9.56. The fourth-order valence-electron chi connectivity index (χ4n) is 3.74. The monoisotopic (exact) mass is 390 g/mol. The molecule has 3 heterocycles. The first-order valence-electron chi connectivity index (χ1n) is 9.56. The standard InChI is InChI=1S/C20H22N8O/c1-27-11-14(9-24-27)17-7-6-15(10-23-17)25-20-16(19(22)29)12-28(26-20)18-5-3-2-4-13(18)8-21/h6-7,9-13,18H,2-5H2,1H3,(H2,22,29)(H,25,26)/t13?,18-/m0/s1. The number of carbonyl (C=O) groups excluding carboxylic acids is 1. The lowest BCUT2D eigenvalue weighted by molar-refractivity contribution is 0.100. The molecule has 0 aliphatic heterocycles. The number of rotatable bonds is 5. The van der Waals surface area contributed by atoms with Gasteiger partial charge in [0.15, 0.2) is 5.82 Å². The fraction of sp³-hybridized carbons (Fsp3) is 0.350. The van der Waals surface area contributed by atoms with Gasteiger partial charge in [0, 0.05) is 25.0 Å². The Kier molecular flexibility index (Phi) is 4.99. The lowest BCUT2D eigenvalue weighted by Crippen LogP contribution is -2.22. The molecule has 1 aliphatic carbocycles. The van der Waals surface area contributed by atoms with Crippen LogP contribution >= 0.6 is 0 Å². The third-order valence-electron chi connectivity index (χ3n) is 5.26. The van der Waals surface area contributed by atoms with Crippen molar-refractivity contribution < 1.29 is 4.79 Å². The van der Waals surface area contributed by atoms with Crippen molar-refractivity contribution in [1.29, 1.82) is 5.26 Å². The Labute approximate surface area is 168 Å². The zero-order valence-electron chi connectivity index (χ0n) is 16.1. The average Bonchev–Trinajstić information content (AvgIpc) is 3.35. The maximum absolute atomic E-state index is 11.9. The molecule has 1 aliphatic rings. The molecule has 3 N–H and O–H groups in total. The Hall–Kier alpha value is -3.67. The van der Waals surface area contributed by atoms with Crippen molar-refractivity contribution in [3.05, 3.63) is 42.5 Å². The summed E-state index contributed by atoms with van der Waals surface area (Å²) < 4.78 is 3.43. The topological polar surface area (TPSA) is 127 Å². The lowest BCUT2D eigenvalue weighted by Gasteiger charge is -2.26. The van der Waals surface area contributed by atoms with E-state index in [2.05, 4.69) is 26.6 Å². The van der Waals surface area contributed by atoms with E-state index in [9.17, 15) is 10.1 Å². The number of nitriles is 1. The maximum Gasteiger partial charge on any atom is 0.254 e. The van der Waals surface area contributed by atoms with Gasteiger partial charge in [0.2, 0.25) is 0 Å². The van der Waals surface area contributed by atoms with Crippen LogP contribution in [0.3, 0.4) is 0 Å². The van der Waals surface area contributed by atoms with Crippen molar-refractivity contribution >= 4 is 17.4 Å². The van der Waals surface area contributed by atoms with Gasteiger partial charge in [-0.25, -0.2) is 0 Å². The molecular formula is C20H22N8O. The Morgan fingerprint density at radius 3 is 2.76 bits per heavy atom. The molecule has 1 fully saturated rings. The number of aryl methyl sites for hydroxylation is 1. The molecule has 3 aromatic rings. The van der Waals surface area contributed by atoms with Gasteiger partial charge in [-0.2, -0.15) is 15.5 Å². The number of nitrogens with two attached hydrogens (primary N) is 1. The van der Waals surface area contributed by atoms with Crippen LogP contribution in [0, 0.1) is 17.2 Å². The third kappa shape index (κ3) is 3.82. The number of amides is 1. The van der Waals surface area contributed by atoms with Crippen molar-refractivity contribution in [2.24, 2.45) is 18.7 Å². The number of nitrogens with one attached hydrogen (secondary N) is 1. The number of carbonyl (C=O) groups is 1. The van der Waals surface area contributed by atoms with Crippen LogP contribution in [0.2, 0.25) is 0 Å². The average molecular weight is 390 g/mol. The second-order valence-corrected chi connectivity index (χ2v) is 7.28. The van der Waals surface area contributed by atoms with Gasteiger partial charge in [-0.1, -0.05) is 12.8 Å². The molecule has 148 valence electrons. The van der Waals surface area contributed by atoms with Crippen molar-refractivity contribution in [1.82, 2.24) is 24.5 Å². The molecule has 1 unspecified atom stereocenters. The van der Waals surface area contributed by atoms with Crippen LogP contribution in [0.5, 0.6) is 0 Å². The summed E-state index contributed by atoms with van der Waals surface area (Å²) >= 11 is 0. The van der Waals surface area contributed by atoms with E-state index in [1.165, 1.54) is 0 Å². The maximum atomic E-state index is 11.9. The predicted molar refractivity (Wildman–Crippen MR) is 107 cm³/mol. The van der Waals surface area contributed by atoms with Crippen molar-refractivity contribution in [2.75, 3.05) is 5.32 Å². The smallest absolute Gasteiger partial charge is 0.254 e. The summed E-state index contributed by atoms with van der Waals surface area (Å²) in [5.41, 5.74) is 8.25. The predicted octanol–water partition coefficient (Wildman–Crippen LogP) is 2.78. The van der Waals surface area contributed by atoms with Crippen LogP contribution in [0.25, 0.3) is 11.3 Å². The van der Waals surface area contributed by atoms with E-state index in [4.69, 9.17) is 5.73 Å². The van der Waals surface area contributed by atoms with Crippen molar-refractivity contribution in [2.45, 2.75) is 31.7 Å². The van der Waals surface area contributed by atoms with E-state index in [0.717, 1.165) is 36.9 Å². The SMILES string of the molecule is Cn1cc(-c2ccc(Nc3nn([C@H]4CCCCC4C#N)cc3C(N)=O)cn2)cn1. The Morgan fingerprint density at radius 1 is 1.28 bits per heavy atom. The van der Waals surface area contributed by atoms with E-state index in [-0.39, 0.29) is 12.0 Å². The quantitative estimate of drug-likeness (QED) is 0.689. The zero-order chi connectivity index (χ0) is 20.4. The summed E-state index contributed by atoms with van der Waals surface area (Å²) in [7, 11) is 1.85. The number of aromatic nitrogens is 5. The van der Waals surface area contributed by atoms with Gasteiger partial charge in [0.05, 0.1) is 41.8 Å². The molecule has 0 saturated heterocycles. The minimum absolute atomic E-state index is 0.0477. The molecule has 29 heavy (non-hydrogen) atoms. The van der Waals surface area contributed by atoms with Gasteiger partial charge in [-0.05, 0) is 25.0 Å². The number of hydrogen-bond donors (Lipinski definition) is 2. The van der Waals surface area contributed by atoms with Crippen LogP contribution in [-0.2, 0) is 7.05 Å². The van der Waals surface area contributed by atoms with Crippen LogP contribution in [-0.4, -0.2) is 30.5 Å². The Balaban J connectivity index is 1.58. The highest BCUT2D eigenvalue weighted by molar-refractivity contribution is 5.98. The number of anilines is 2. The minimum Gasteiger partial charge on any atom is -0.365 e. The summed E-state index contributed by atoms with van der Waals surface area (Å²) in [6, 6.07) is 6.05. The summed E-state index contributed by atoms with van der Waals surface area (Å²) in [5.74, 6) is -0.309. The highest BCUT2D eigenvalue weighted by Crippen LogP contribution is 2.34.